The Morgan fingerprint density at radius 1 is 1.12 bits per heavy atom. The lowest BCUT2D eigenvalue weighted by Gasteiger charge is -2.33. The smallest absolute Gasteiger partial charge is 0.451 e. The van der Waals surface area contributed by atoms with Crippen molar-refractivity contribution in [3.63, 3.8) is 0 Å². The Hall–Kier alpha value is 0.0349. The van der Waals surface area contributed by atoms with Gasteiger partial charge in [0.05, 0.1) is 5.41 Å². The molecule has 0 saturated heterocycles. The van der Waals surface area contributed by atoms with Crippen LogP contribution in [0.15, 0.2) is 0 Å². The van der Waals surface area contributed by atoms with Gasteiger partial charge in [-0.15, -0.1) is 24.8 Å². The zero-order valence-electron chi connectivity index (χ0n) is 9.09. The molecule has 0 amide bonds. The van der Waals surface area contributed by atoms with Crippen molar-refractivity contribution in [2.24, 2.45) is 5.41 Å². The molecular formula is C9H19BCl2O4. The fourth-order valence-electron chi connectivity index (χ4n) is 2.20. The predicted molar refractivity (Wildman–Crippen MR) is 67.3 cm³/mol. The second-order valence-corrected chi connectivity index (χ2v) is 4.17. The molecule has 96 valence electrons. The average Bonchev–Trinajstić information content (AvgIpc) is 2.16. The molecule has 0 aromatic carbocycles. The lowest BCUT2D eigenvalue weighted by Crippen LogP contribution is -2.34. The first-order chi connectivity index (χ1) is 6.57. The predicted octanol–water partition coefficient (Wildman–Crippen LogP) is 1.73. The summed E-state index contributed by atoms with van der Waals surface area (Å²) in [5.74, 6) is -0.780. The molecule has 0 atom stereocenters. The summed E-state index contributed by atoms with van der Waals surface area (Å²) >= 11 is 0. The Kier molecular flexibility index (Phi) is 9.40. The maximum atomic E-state index is 11.1. The van der Waals surface area contributed by atoms with Gasteiger partial charge in [0.25, 0.3) is 0 Å². The van der Waals surface area contributed by atoms with Crippen LogP contribution in [0.2, 0.25) is 6.32 Å². The Morgan fingerprint density at radius 3 is 2.00 bits per heavy atom. The van der Waals surface area contributed by atoms with Crippen molar-refractivity contribution in [3.8, 4) is 0 Å². The first-order valence-corrected chi connectivity index (χ1v) is 5.16. The van der Waals surface area contributed by atoms with E-state index in [2.05, 4.69) is 0 Å². The van der Waals surface area contributed by atoms with Crippen LogP contribution in [0.1, 0.15) is 38.5 Å². The van der Waals surface area contributed by atoms with Gasteiger partial charge in [-0.25, -0.2) is 0 Å². The fourth-order valence-corrected chi connectivity index (χ4v) is 2.20. The summed E-state index contributed by atoms with van der Waals surface area (Å²) in [4.78, 5) is 11.1. The third kappa shape index (κ3) is 4.91. The Balaban J connectivity index is 0. The number of carboxylic acids is 1. The van der Waals surface area contributed by atoms with Crippen LogP contribution in [0.4, 0.5) is 0 Å². The minimum atomic E-state index is -1.38. The standard InChI is InChI=1S/C9H17BO4.2ClH/c11-8(12)9(6-7-10(13)14)4-2-1-3-5-9;;/h13-14H,1-7H2,(H,11,12);2*1H. The number of hydrogen-bond donors (Lipinski definition) is 3. The number of halogens is 2. The summed E-state index contributed by atoms with van der Waals surface area (Å²) in [5, 5.41) is 26.6. The van der Waals surface area contributed by atoms with E-state index in [-0.39, 0.29) is 31.1 Å². The number of hydrogen-bond acceptors (Lipinski definition) is 3. The third-order valence-corrected chi connectivity index (χ3v) is 3.15. The molecule has 0 spiro atoms. The molecule has 1 saturated carbocycles. The van der Waals surface area contributed by atoms with Crippen molar-refractivity contribution in [2.75, 3.05) is 0 Å². The van der Waals surface area contributed by atoms with Gasteiger partial charge in [-0.2, -0.15) is 0 Å². The second-order valence-electron chi connectivity index (χ2n) is 4.17. The highest BCUT2D eigenvalue weighted by Crippen LogP contribution is 2.40. The first kappa shape index (κ1) is 18.4. The number of rotatable bonds is 4. The molecule has 0 aromatic heterocycles. The molecule has 7 heteroatoms. The lowest BCUT2D eigenvalue weighted by atomic mass is 9.67. The molecule has 0 unspecified atom stereocenters. The zero-order valence-corrected chi connectivity index (χ0v) is 10.7. The Labute approximate surface area is 108 Å². The van der Waals surface area contributed by atoms with Crippen molar-refractivity contribution in [2.45, 2.75) is 44.8 Å². The van der Waals surface area contributed by atoms with E-state index in [0.717, 1.165) is 19.3 Å². The molecule has 1 fully saturated rings. The van der Waals surface area contributed by atoms with Crippen LogP contribution in [-0.4, -0.2) is 28.2 Å². The summed E-state index contributed by atoms with van der Waals surface area (Å²) in [7, 11) is -1.38. The van der Waals surface area contributed by atoms with E-state index in [1.54, 1.807) is 0 Å². The first-order valence-electron chi connectivity index (χ1n) is 5.16. The second kappa shape index (κ2) is 8.17. The monoisotopic (exact) mass is 272 g/mol. The highest BCUT2D eigenvalue weighted by atomic mass is 35.5. The molecule has 1 aliphatic carbocycles. The molecule has 0 radical (unpaired) electrons. The van der Waals surface area contributed by atoms with Crippen molar-refractivity contribution in [1.82, 2.24) is 0 Å². The highest BCUT2D eigenvalue weighted by Gasteiger charge is 2.39. The minimum Gasteiger partial charge on any atom is -0.481 e. The molecule has 1 rings (SSSR count). The molecular weight excluding hydrogens is 254 g/mol. The topological polar surface area (TPSA) is 77.8 Å². The van der Waals surface area contributed by atoms with E-state index >= 15 is 0 Å². The maximum Gasteiger partial charge on any atom is 0.451 e. The summed E-state index contributed by atoms with van der Waals surface area (Å²) < 4.78 is 0. The summed E-state index contributed by atoms with van der Waals surface area (Å²) in [6.07, 6.45) is 4.86. The Bertz CT molecular complexity index is 208. The van der Waals surface area contributed by atoms with Gasteiger partial charge in [-0.3, -0.25) is 4.79 Å². The SMILES string of the molecule is Cl.Cl.O=C(O)C1(CCB(O)O)CCCCC1. The van der Waals surface area contributed by atoms with Gasteiger partial charge >= 0.3 is 13.1 Å². The van der Waals surface area contributed by atoms with Crippen molar-refractivity contribution >= 4 is 37.9 Å². The van der Waals surface area contributed by atoms with Crippen molar-refractivity contribution < 1.29 is 19.9 Å². The molecule has 16 heavy (non-hydrogen) atoms. The summed E-state index contributed by atoms with van der Waals surface area (Å²) in [6.45, 7) is 0. The normalized spacial score (nSPS) is 17.9. The van der Waals surface area contributed by atoms with Gasteiger partial charge in [0.1, 0.15) is 0 Å². The van der Waals surface area contributed by atoms with Crippen LogP contribution < -0.4 is 0 Å². The molecule has 1 aliphatic rings. The quantitative estimate of drug-likeness (QED) is 0.681. The molecule has 0 aromatic rings. The molecule has 4 nitrogen and oxygen atoms in total. The van der Waals surface area contributed by atoms with Crippen LogP contribution >= 0.6 is 24.8 Å². The minimum absolute atomic E-state index is 0. The van der Waals surface area contributed by atoms with E-state index in [9.17, 15) is 4.79 Å². The van der Waals surface area contributed by atoms with E-state index in [0.29, 0.717) is 19.3 Å². The van der Waals surface area contributed by atoms with Gasteiger partial charge in [-0.05, 0) is 25.6 Å². The largest absolute Gasteiger partial charge is 0.481 e. The van der Waals surface area contributed by atoms with Crippen LogP contribution in [0, 0.1) is 5.41 Å². The number of carboxylic acid groups (broad SMARTS) is 1. The van der Waals surface area contributed by atoms with E-state index in [4.69, 9.17) is 15.2 Å². The lowest BCUT2D eigenvalue weighted by molar-refractivity contribution is -0.151. The van der Waals surface area contributed by atoms with Crippen molar-refractivity contribution in [3.05, 3.63) is 0 Å². The van der Waals surface area contributed by atoms with E-state index < -0.39 is 18.5 Å². The van der Waals surface area contributed by atoms with Gasteiger partial charge in [0.15, 0.2) is 0 Å². The molecule has 0 bridgehead atoms. The fraction of sp³-hybridized carbons (Fsp3) is 0.889. The maximum absolute atomic E-state index is 11.1. The number of carbonyl (C=O) groups is 1. The van der Waals surface area contributed by atoms with Gasteiger partial charge < -0.3 is 15.2 Å². The van der Waals surface area contributed by atoms with Crippen LogP contribution in [-0.2, 0) is 4.79 Å². The van der Waals surface area contributed by atoms with Crippen LogP contribution in [0.5, 0.6) is 0 Å². The summed E-state index contributed by atoms with van der Waals surface area (Å²) in [5.41, 5.74) is -0.692. The van der Waals surface area contributed by atoms with Crippen LogP contribution in [0.3, 0.4) is 0 Å². The zero-order chi connectivity index (χ0) is 10.6. The highest BCUT2D eigenvalue weighted by molar-refractivity contribution is 6.41. The average molecular weight is 273 g/mol. The van der Waals surface area contributed by atoms with Crippen molar-refractivity contribution in [1.29, 1.82) is 0 Å². The van der Waals surface area contributed by atoms with Gasteiger partial charge in [0, 0.05) is 0 Å². The molecule has 0 aliphatic heterocycles. The Morgan fingerprint density at radius 2 is 1.62 bits per heavy atom. The van der Waals surface area contributed by atoms with E-state index in [1.165, 1.54) is 0 Å². The molecule has 3 N–H and O–H groups in total. The summed E-state index contributed by atoms with van der Waals surface area (Å²) in [6, 6.07) is 0. The number of aliphatic carboxylic acids is 1. The van der Waals surface area contributed by atoms with Crippen LogP contribution in [0.25, 0.3) is 0 Å². The van der Waals surface area contributed by atoms with E-state index in [1.807, 2.05) is 0 Å². The van der Waals surface area contributed by atoms with Gasteiger partial charge in [-0.1, -0.05) is 19.3 Å². The molecule has 0 heterocycles. The third-order valence-electron chi connectivity index (χ3n) is 3.15. The van der Waals surface area contributed by atoms with Gasteiger partial charge in [0.2, 0.25) is 0 Å².